The molecule has 0 aromatic heterocycles. The zero-order valence-corrected chi connectivity index (χ0v) is 14.5. The molecule has 0 fully saturated rings. The van der Waals surface area contributed by atoms with E-state index in [1.165, 1.54) is 24.3 Å². The molecule has 2 aromatic rings. The lowest BCUT2D eigenvalue weighted by Crippen LogP contribution is -2.47. The first kappa shape index (κ1) is 19.4. The number of halogens is 1. The third kappa shape index (κ3) is 6.52. The second-order valence-corrected chi connectivity index (χ2v) is 5.56. The quantitative estimate of drug-likeness (QED) is 0.665. The Kier molecular flexibility index (Phi) is 7.57. The molecule has 0 heterocycles. The molecular weight excluding hydrogens is 337 g/mol. The van der Waals surface area contributed by atoms with Gasteiger partial charge in [-0.05, 0) is 35.7 Å². The summed E-state index contributed by atoms with van der Waals surface area (Å²) in [5.74, 6) is -0.764. The van der Waals surface area contributed by atoms with Gasteiger partial charge in [0, 0.05) is 13.2 Å². The Balaban J connectivity index is 1.75. The second kappa shape index (κ2) is 10.1. The standard InChI is InChI=1S/C19H22FN3O3/c1-2-26-13-16-6-4-3-5-15(16)12-21-19(25)23-22-18(24)11-14-7-9-17(20)10-8-14/h3-10H,2,11-13H2,1H3,(H,22,24)(H2,21,23,25). The van der Waals surface area contributed by atoms with Gasteiger partial charge in [-0.1, -0.05) is 36.4 Å². The molecule has 3 amide bonds. The van der Waals surface area contributed by atoms with Crippen molar-refractivity contribution in [1.29, 1.82) is 0 Å². The number of carbonyl (C=O) groups excluding carboxylic acids is 2. The first-order valence-electron chi connectivity index (χ1n) is 8.30. The van der Waals surface area contributed by atoms with Crippen molar-refractivity contribution < 1.29 is 18.7 Å². The van der Waals surface area contributed by atoms with Crippen molar-refractivity contribution in [3.63, 3.8) is 0 Å². The van der Waals surface area contributed by atoms with Crippen LogP contribution in [0.4, 0.5) is 9.18 Å². The maximum absolute atomic E-state index is 12.8. The third-order valence-corrected chi connectivity index (χ3v) is 3.61. The lowest BCUT2D eigenvalue weighted by atomic mass is 10.1. The van der Waals surface area contributed by atoms with E-state index in [9.17, 15) is 14.0 Å². The molecule has 0 aliphatic heterocycles. The monoisotopic (exact) mass is 359 g/mol. The second-order valence-electron chi connectivity index (χ2n) is 5.56. The Bertz CT molecular complexity index is 735. The van der Waals surface area contributed by atoms with Gasteiger partial charge in [0.05, 0.1) is 13.0 Å². The summed E-state index contributed by atoms with van der Waals surface area (Å²) in [4.78, 5) is 23.6. The summed E-state index contributed by atoms with van der Waals surface area (Å²) in [6.07, 6.45) is 0.0394. The lowest BCUT2D eigenvalue weighted by molar-refractivity contribution is -0.121. The van der Waals surface area contributed by atoms with Gasteiger partial charge in [0.1, 0.15) is 5.82 Å². The molecule has 0 bridgehead atoms. The largest absolute Gasteiger partial charge is 0.377 e. The number of benzene rings is 2. The number of hydrogen-bond donors (Lipinski definition) is 3. The number of hydrazine groups is 1. The molecule has 2 rings (SSSR count). The minimum atomic E-state index is -0.524. The van der Waals surface area contributed by atoms with Crippen molar-refractivity contribution >= 4 is 11.9 Å². The van der Waals surface area contributed by atoms with Crippen molar-refractivity contribution in [3.05, 3.63) is 71.0 Å². The molecule has 0 atom stereocenters. The van der Waals surface area contributed by atoms with E-state index < -0.39 is 11.9 Å². The van der Waals surface area contributed by atoms with Crippen LogP contribution in [-0.4, -0.2) is 18.5 Å². The predicted octanol–water partition coefficient (Wildman–Crippen LogP) is 2.44. The average Bonchev–Trinajstić information content (AvgIpc) is 2.65. The third-order valence-electron chi connectivity index (χ3n) is 3.61. The van der Waals surface area contributed by atoms with Crippen LogP contribution in [0, 0.1) is 5.82 Å². The average molecular weight is 359 g/mol. The number of carbonyl (C=O) groups is 2. The van der Waals surface area contributed by atoms with Crippen molar-refractivity contribution in [2.75, 3.05) is 6.61 Å². The van der Waals surface area contributed by atoms with E-state index in [-0.39, 0.29) is 12.2 Å². The summed E-state index contributed by atoms with van der Waals surface area (Å²) in [7, 11) is 0. The van der Waals surface area contributed by atoms with Crippen LogP contribution in [0.5, 0.6) is 0 Å². The fourth-order valence-corrected chi connectivity index (χ4v) is 2.26. The van der Waals surface area contributed by atoms with Gasteiger partial charge in [0.2, 0.25) is 5.91 Å². The highest BCUT2D eigenvalue weighted by Crippen LogP contribution is 2.09. The van der Waals surface area contributed by atoms with E-state index in [1.54, 1.807) is 0 Å². The molecule has 0 spiro atoms. The van der Waals surface area contributed by atoms with Crippen molar-refractivity contribution in [1.82, 2.24) is 16.2 Å². The van der Waals surface area contributed by atoms with Crippen LogP contribution in [0.15, 0.2) is 48.5 Å². The number of nitrogens with one attached hydrogen (secondary N) is 3. The fraction of sp³-hybridized carbons (Fsp3) is 0.263. The SMILES string of the molecule is CCOCc1ccccc1CNC(=O)NNC(=O)Cc1ccc(F)cc1. The van der Waals surface area contributed by atoms with E-state index in [2.05, 4.69) is 16.2 Å². The zero-order chi connectivity index (χ0) is 18.8. The van der Waals surface area contributed by atoms with Crippen molar-refractivity contribution in [2.24, 2.45) is 0 Å². The smallest absolute Gasteiger partial charge is 0.333 e. The molecule has 26 heavy (non-hydrogen) atoms. The van der Waals surface area contributed by atoms with Crippen LogP contribution in [-0.2, 0) is 29.1 Å². The Morgan fingerprint density at radius 3 is 2.38 bits per heavy atom. The number of urea groups is 1. The Morgan fingerprint density at radius 2 is 1.69 bits per heavy atom. The highest BCUT2D eigenvalue weighted by molar-refractivity contribution is 5.82. The Labute approximate surface area is 151 Å². The van der Waals surface area contributed by atoms with Crippen LogP contribution in [0.2, 0.25) is 0 Å². The van der Waals surface area contributed by atoms with Gasteiger partial charge in [-0.25, -0.2) is 14.6 Å². The normalized spacial score (nSPS) is 10.2. The highest BCUT2D eigenvalue weighted by Gasteiger charge is 2.07. The van der Waals surface area contributed by atoms with Crippen molar-refractivity contribution in [3.8, 4) is 0 Å². The molecule has 3 N–H and O–H groups in total. The summed E-state index contributed by atoms with van der Waals surface area (Å²) in [5, 5.41) is 2.67. The van der Waals surface area contributed by atoms with Crippen LogP contribution in [0.1, 0.15) is 23.6 Å². The van der Waals surface area contributed by atoms with Gasteiger partial charge >= 0.3 is 6.03 Å². The van der Waals surface area contributed by atoms with Gasteiger partial charge in [-0.2, -0.15) is 0 Å². The molecule has 0 saturated carbocycles. The molecule has 2 aromatic carbocycles. The molecule has 138 valence electrons. The molecular formula is C19H22FN3O3. The number of ether oxygens (including phenoxy) is 1. The van der Waals surface area contributed by atoms with E-state index >= 15 is 0 Å². The minimum absolute atomic E-state index is 0.0394. The molecule has 0 aliphatic rings. The number of hydrogen-bond acceptors (Lipinski definition) is 3. The van der Waals surface area contributed by atoms with Crippen LogP contribution in [0.25, 0.3) is 0 Å². The number of rotatable bonds is 7. The van der Waals surface area contributed by atoms with Crippen molar-refractivity contribution in [2.45, 2.75) is 26.5 Å². The first-order chi connectivity index (χ1) is 12.6. The molecule has 0 saturated heterocycles. The Hall–Kier alpha value is -2.93. The van der Waals surface area contributed by atoms with Gasteiger partial charge in [-0.3, -0.25) is 10.2 Å². The Morgan fingerprint density at radius 1 is 1.00 bits per heavy atom. The van der Waals surface area contributed by atoms with Crippen LogP contribution >= 0.6 is 0 Å². The zero-order valence-electron chi connectivity index (χ0n) is 14.5. The summed E-state index contributed by atoms with van der Waals surface area (Å²) >= 11 is 0. The predicted molar refractivity (Wildman–Crippen MR) is 95.4 cm³/mol. The fourth-order valence-electron chi connectivity index (χ4n) is 2.26. The van der Waals surface area contributed by atoms with Crippen LogP contribution < -0.4 is 16.2 Å². The highest BCUT2D eigenvalue weighted by atomic mass is 19.1. The van der Waals surface area contributed by atoms with Gasteiger partial charge in [-0.15, -0.1) is 0 Å². The summed E-state index contributed by atoms with van der Waals surface area (Å²) in [6, 6.07) is 12.7. The molecule has 0 radical (unpaired) electrons. The molecule has 6 nitrogen and oxygen atoms in total. The maximum atomic E-state index is 12.8. The topological polar surface area (TPSA) is 79.5 Å². The molecule has 0 aliphatic carbocycles. The molecule has 7 heteroatoms. The van der Waals surface area contributed by atoms with Crippen LogP contribution in [0.3, 0.4) is 0 Å². The van der Waals surface area contributed by atoms with E-state index in [0.29, 0.717) is 25.3 Å². The number of amides is 3. The summed E-state index contributed by atoms with van der Waals surface area (Å²) in [5.41, 5.74) is 7.19. The molecule has 0 unspecified atom stereocenters. The first-order valence-corrected chi connectivity index (χ1v) is 8.30. The van der Waals surface area contributed by atoms with E-state index in [0.717, 1.165) is 11.1 Å². The maximum Gasteiger partial charge on any atom is 0.333 e. The van der Waals surface area contributed by atoms with Gasteiger partial charge in [0.25, 0.3) is 0 Å². The van der Waals surface area contributed by atoms with E-state index in [4.69, 9.17) is 4.74 Å². The summed E-state index contributed by atoms with van der Waals surface area (Å²) < 4.78 is 18.2. The summed E-state index contributed by atoms with van der Waals surface area (Å²) in [6.45, 7) is 3.32. The van der Waals surface area contributed by atoms with Gasteiger partial charge in [0.15, 0.2) is 0 Å². The van der Waals surface area contributed by atoms with E-state index in [1.807, 2.05) is 31.2 Å². The minimum Gasteiger partial charge on any atom is -0.377 e. The lowest BCUT2D eigenvalue weighted by Gasteiger charge is -2.12. The van der Waals surface area contributed by atoms with Gasteiger partial charge < -0.3 is 10.1 Å².